The quantitative estimate of drug-likeness (QED) is 0.785. The van der Waals surface area contributed by atoms with Gasteiger partial charge < -0.3 is 10.1 Å². The van der Waals surface area contributed by atoms with Crippen LogP contribution in [0.2, 0.25) is 0 Å². The molecule has 0 radical (unpaired) electrons. The minimum absolute atomic E-state index is 0.0478. The van der Waals surface area contributed by atoms with Gasteiger partial charge in [0, 0.05) is 23.2 Å². The number of benzene rings is 1. The number of morpholine rings is 1. The number of amides is 1. The Morgan fingerprint density at radius 3 is 2.68 bits per heavy atom. The summed E-state index contributed by atoms with van der Waals surface area (Å²) < 4.78 is 33.1. The van der Waals surface area contributed by atoms with E-state index in [1.807, 2.05) is 19.1 Å². The summed E-state index contributed by atoms with van der Waals surface area (Å²) >= 11 is 4.50. The smallest absolute Gasteiger partial charge is 0.267 e. The minimum atomic E-state index is -3.71. The molecule has 2 heterocycles. The van der Waals surface area contributed by atoms with Crippen LogP contribution in [-0.4, -0.2) is 44.9 Å². The van der Waals surface area contributed by atoms with Crippen LogP contribution in [0.4, 0.5) is 5.69 Å². The van der Waals surface area contributed by atoms with Crippen LogP contribution in [0.1, 0.15) is 15.2 Å². The van der Waals surface area contributed by atoms with E-state index in [1.165, 1.54) is 10.4 Å². The molecule has 25 heavy (non-hydrogen) atoms. The number of rotatable bonds is 4. The second-order valence-corrected chi connectivity index (χ2v) is 9.28. The molecular formula is C16H17BrN2O4S2. The lowest BCUT2D eigenvalue weighted by molar-refractivity contribution is 0.0730. The summed E-state index contributed by atoms with van der Waals surface area (Å²) in [5.74, 6) is -0.424. The Hall–Kier alpha value is -1.26. The van der Waals surface area contributed by atoms with E-state index in [0.717, 1.165) is 21.4 Å². The van der Waals surface area contributed by atoms with Gasteiger partial charge >= 0.3 is 0 Å². The Bertz CT molecular complexity index is 889. The molecule has 2 aromatic rings. The first-order valence-corrected chi connectivity index (χ1v) is 10.7. The van der Waals surface area contributed by atoms with Crippen molar-refractivity contribution < 1.29 is 17.9 Å². The van der Waals surface area contributed by atoms with Crippen LogP contribution in [0, 0.1) is 6.92 Å². The predicted octanol–water partition coefficient (Wildman–Crippen LogP) is 3.09. The predicted molar refractivity (Wildman–Crippen MR) is 101 cm³/mol. The van der Waals surface area contributed by atoms with Gasteiger partial charge in [-0.1, -0.05) is 15.9 Å². The average molecular weight is 445 g/mol. The van der Waals surface area contributed by atoms with Gasteiger partial charge in [-0.25, -0.2) is 8.42 Å². The summed E-state index contributed by atoms with van der Waals surface area (Å²) in [6.07, 6.45) is 0. The SMILES string of the molecule is Cc1cc(Br)ccc1NC(=O)c1sccc1S(=O)(=O)N1CCOCC1. The van der Waals surface area contributed by atoms with Gasteiger partial charge in [0.15, 0.2) is 0 Å². The first kappa shape index (κ1) is 18.5. The van der Waals surface area contributed by atoms with E-state index in [-0.39, 0.29) is 9.77 Å². The maximum Gasteiger partial charge on any atom is 0.267 e. The standard InChI is InChI=1S/C16H17BrN2O4S2/c1-11-10-12(17)2-3-13(11)18-16(20)15-14(4-9-24-15)25(21,22)19-5-7-23-8-6-19/h2-4,9-10H,5-8H2,1H3,(H,18,20). The molecule has 1 aliphatic rings. The Morgan fingerprint density at radius 1 is 1.28 bits per heavy atom. The van der Waals surface area contributed by atoms with Gasteiger partial charge in [-0.05, 0) is 42.1 Å². The molecule has 0 atom stereocenters. The molecule has 0 aliphatic carbocycles. The van der Waals surface area contributed by atoms with E-state index in [2.05, 4.69) is 21.2 Å². The third-order valence-corrected chi connectivity index (χ3v) is 7.34. The molecule has 1 aliphatic heterocycles. The van der Waals surface area contributed by atoms with Crippen molar-refractivity contribution in [1.29, 1.82) is 0 Å². The summed E-state index contributed by atoms with van der Waals surface area (Å²) in [6.45, 7) is 3.20. The molecule has 1 amide bonds. The van der Waals surface area contributed by atoms with Gasteiger partial charge in [0.2, 0.25) is 10.0 Å². The Balaban J connectivity index is 1.86. The molecule has 0 spiro atoms. The highest BCUT2D eigenvalue weighted by molar-refractivity contribution is 9.10. The summed E-state index contributed by atoms with van der Waals surface area (Å²) in [5.41, 5.74) is 1.54. The second-order valence-electron chi connectivity index (χ2n) is 5.54. The number of thiophene rings is 1. The van der Waals surface area contributed by atoms with Gasteiger partial charge in [-0.3, -0.25) is 4.79 Å². The van der Waals surface area contributed by atoms with E-state index < -0.39 is 15.9 Å². The molecule has 134 valence electrons. The van der Waals surface area contributed by atoms with Crippen LogP contribution in [0.15, 0.2) is 39.0 Å². The van der Waals surface area contributed by atoms with E-state index in [9.17, 15) is 13.2 Å². The first-order valence-electron chi connectivity index (χ1n) is 7.62. The highest BCUT2D eigenvalue weighted by Crippen LogP contribution is 2.28. The van der Waals surface area contributed by atoms with Gasteiger partial charge in [-0.2, -0.15) is 4.31 Å². The number of carbonyl (C=O) groups is 1. The number of sulfonamides is 1. The fraction of sp³-hybridized carbons (Fsp3) is 0.312. The number of nitrogens with one attached hydrogen (secondary N) is 1. The van der Waals surface area contributed by atoms with Crippen molar-refractivity contribution in [3.05, 3.63) is 44.6 Å². The number of nitrogens with zero attached hydrogens (tertiary/aromatic N) is 1. The average Bonchev–Trinajstić information content (AvgIpc) is 3.09. The molecule has 6 nitrogen and oxygen atoms in total. The van der Waals surface area contributed by atoms with Crippen molar-refractivity contribution in [1.82, 2.24) is 4.31 Å². The van der Waals surface area contributed by atoms with Crippen LogP contribution in [0.3, 0.4) is 0 Å². The van der Waals surface area contributed by atoms with Gasteiger partial charge in [-0.15, -0.1) is 11.3 Å². The molecule has 1 saturated heterocycles. The van der Waals surface area contributed by atoms with Gasteiger partial charge in [0.25, 0.3) is 5.91 Å². The fourth-order valence-corrected chi connectivity index (χ4v) is 5.72. The van der Waals surface area contributed by atoms with Gasteiger partial charge in [0.1, 0.15) is 9.77 Å². The molecule has 3 rings (SSSR count). The van der Waals surface area contributed by atoms with Gasteiger partial charge in [0.05, 0.1) is 13.2 Å². The van der Waals surface area contributed by atoms with Crippen LogP contribution in [-0.2, 0) is 14.8 Å². The summed E-state index contributed by atoms with van der Waals surface area (Å²) in [6, 6.07) is 6.97. The normalized spacial score (nSPS) is 15.9. The highest BCUT2D eigenvalue weighted by atomic mass is 79.9. The highest BCUT2D eigenvalue weighted by Gasteiger charge is 2.31. The van der Waals surface area contributed by atoms with Crippen molar-refractivity contribution in [2.45, 2.75) is 11.8 Å². The summed E-state index contributed by atoms with van der Waals surface area (Å²) in [4.78, 5) is 12.9. The summed E-state index contributed by atoms with van der Waals surface area (Å²) in [7, 11) is -3.71. The van der Waals surface area contributed by atoms with Crippen molar-refractivity contribution in [3.63, 3.8) is 0 Å². The van der Waals surface area contributed by atoms with Crippen molar-refractivity contribution in [2.75, 3.05) is 31.6 Å². The van der Waals surface area contributed by atoms with E-state index >= 15 is 0 Å². The number of anilines is 1. The van der Waals surface area contributed by atoms with E-state index in [0.29, 0.717) is 32.0 Å². The number of aryl methyl sites for hydroxylation is 1. The molecule has 9 heteroatoms. The lowest BCUT2D eigenvalue weighted by Crippen LogP contribution is -2.41. The molecule has 0 unspecified atom stereocenters. The maximum atomic E-state index is 12.8. The zero-order valence-corrected chi connectivity index (χ0v) is 16.7. The van der Waals surface area contributed by atoms with E-state index in [4.69, 9.17) is 4.74 Å². The maximum absolute atomic E-state index is 12.8. The third kappa shape index (κ3) is 3.95. The lowest BCUT2D eigenvalue weighted by atomic mass is 10.2. The molecule has 0 saturated carbocycles. The zero-order valence-electron chi connectivity index (χ0n) is 13.5. The molecular weight excluding hydrogens is 428 g/mol. The Morgan fingerprint density at radius 2 is 2.00 bits per heavy atom. The fourth-order valence-electron chi connectivity index (χ4n) is 2.54. The third-order valence-electron chi connectivity index (χ3n) is 3.86. The van der Waals surface area contributed by atoms with Crippen LogP contribution < -0.4 is 5.32 Å². The Labute approximate surface area is 159 Å². The molecule has 1 fully saturated rings. The largest absolute Gasteiger partial charge is 0.379 e. The first-order chi connectivity index (χ1) is 11.9. The number of ether oxygens (including phenoxy) is 1. The lowest BCUT2D eigenvalue weighted by Gasteiger charge is -2.26. The van der Waals surface area contributed by atoms with E-state index in [1.54, 1.807) is 11.4 Å². The minimum Gasteiger partial charge on any atom is -0.379 e. The number of carbonyl (C=O) groups excluding carboxylic acids is 1. The van der Waals surface area contributed by atoms with Crippen molar-refractivity contribution in [2.24, 2.45) is 0 Å². The summed E-state index contributed by atoms with van der Waals surface area (Å²) in [5, 5.41) is 4.42. The second kappa shape index (κ2) is 7.55. The molecule has 1 N–H and O–H groups in total. The van der Waals surface area contributed by atoms with Crippen LogP contribution in [0.5, 0.6) is 0 Å². The topological polar surface area (TPSA) is 75.7 Å². The van der Waals surface area contributed by atoms with Crippen molar-refractivity contribution in [3.8, 4) is 0 Å². The molecule has 1 aromatic heterocycles. The number of hydrogen-bond donors (Lipinski definition) is 1. The molecule has 0 bridgehead atoms. The van der Waals surface area contributed by atoms with Crippen LogP contribution in [0.25, 0.3) is 0 Å². The monoisotopic (exact) mass is 444 g/mol. The molecule has 1 aromatic carbocycles. The van der Waals surface area contributed by atoms with Crippen LogP contribution >= 0.6 is 27.3 Å². The zero-order chi connectivity index (χ0) is 18.0. The Kier molecular flexibility index (Phi) is 5.59. The van der Waals surface area contributed by atoms with Crippen molar-refractivity contribution >= 4 is 48.9 Å². The number of hydrogen-bond acceptors (Lipinski definition) is 5. The number of halogens is 1.